The molecule has 1 aromatic heterocycles. The molecule has 0 aliphatic heterocycles. The number of aryl methyl sites for hydroxylation is 1. The molecule has 0 aliphatic rings. The maximum atomic E-state index is 12.4. The predicted octanol–water partition coefficient (Wildman–Crippen LogP) is 3.94. The molecule has 0 saturated heterocycles. The van der Waals surface area contributed by atoms with E-state index in [1.807, 2.05) is 25.1 Å². The average molecular weight is 347 g/mol. The quantitative estimate of drug-likeness (QED) is 0.710. The molecule has 0 saturated carbocycles. The van der Waals surface area contributed by atoms with Crippen molar-refractivity contribution >= 4 is 39.9 Å². The lowest BCUT2D eigenvalue weighted by Crippen LogP contribution is -2.05. The van der Waals surface area contributed by atoms with Crippen LogP contribution in [-0.2, 0) is 24.4 Å². The van der Waals surface area contributed by atoms with Crippen LogP contribution in [0.1, 0.15) is 19.4 Å². The van der Waals surface area contributed by atoms with Crippen LogP contribution in [0.4, 0.5) is 0 Å². The van der Waals surface area contributed by atoms with Gasteiger partial charge in [0.25, 0.3) is 0 Å². The number of rotatable bonds is 7. The SMILES string of the molecule is CCOP(=O)(CS(=O)c1nc2cc(C)ccc2s1)OCC. The van der Waals surface area contributed by atoms with Gasteiger partial charge in [-0.3, -0.25) is 8.77 Å². The molecule has 0 bridgehead atoms. The summed E-state index contributed by atoms with van der Waals surface area (Å²) in [6.45, 7) is 5.96. The van der Waals surface area contributed by atoms with E-state index in [9.17, 15) is 8.77 Å². The third-order valence-corrected chi connectivity index (χ3v) is 8.27. The molecule has 0 spiro atoms. The maximum Gasteiger partial charge on any atom is 0.343 e. The Kier molecular flexibility index (Phi) is 5.68. The van der Waals surface area contributed by atoms with E-state index in [1.165, 1.54) is 11.3 Å². The first-order valence-electron chi connectivity index (χ1n) is 6.61. The zero-order valence-corrected chi connectivity index (χ0v) is 14.7. The molecule has 2 rings (SSSR count). The summed E-state index contributed by atoms with van der Waals surface area (Å²) in [5.41, 5.74) is 1.75. The predicted molar refractivity (Wildman–Crippen MR) is 86.5 cm³/mol. The molecule has 0 fully saturated rings. The molecule has 116 valence electrons. The molecule has 0 N–H and O–H groups in total. The summed E-state index contributed by atoms with van der Waals surface area (Å²) in [4.78, 5) is 4.36. The van der Waals surface area contributed by atoms with Crippen LogP contribution in [0.3, 0.4) is 0 Å². The van der Waals surface area contributed by atoms with Gasteiger partial charge in [-0.05, 0) is 38.5 Å². The summed E-state index contributed by atoms with van der Waals surface area (Å²) in [6.07, 6.45) is 0. The Bertz CT molecular complexity index is 691. The van der Waals surface area contributed by atoms with Gasteiger partial charge in [0.05, 0.1) is 34.2 Å². The molecule has 0 radical (unpaired) electrons. The van der Waals surface area contributed by atoms with Crippen LogP contribution in [0.25, 0.3) is 10.2 Å². The molecule has 5 nitrogen and oxygen atoms in total. The molecule has 1 heterocycles. The third kappa shape index (κ3) is 4.20. The number of fused-ring (bicyclic) bond motifs is 1. The summed E-state index contributed by atoms with van der Waals surface area (Å²) in [7, 11) is -4.83. The van der Waals surface area contributed by atoms with Gasteiger partial charge in [0, 0.05) is 0 Å². The van der Waals surface area contributed by atoms with Gasteiger partial charge in [-0.2, -0.15) is 0 Å². The maximum absolute atomic E-state index is 12.4. The van der Waals surface area contributed by atoms with Crippen LogP contribution in [0.2, 0.25) is 0 Å². The molecular formula is C13H18NO4PS2. The smallest absolute Gasteiger partial charge is 0.308 e. The van der Waals surface area contributed by atoms with Crippen LogP contribution in [0, 0.1) is 6.92 Å². The van der Waals surface area contributed by atoms with Gasteiger partial charge in [-0.25, -0.2) is 4.98 Å². The van der Waals surface area contributed by atoms with Crippen molar-refractivity contribution in [1.82, 2.24) is 4.98 Å². The second-order valence-electron chi connectivity index (χ2n) is 4.37. The standard InChI is InChI=1S/C13H18NO4PS2/c1-4-17-19(15,18-5-2)9-21(16)13-14-11-8-10(3)6-7-12(11)20-13/h6-8H,4-5,9H2,1-3H3. The van der Waals surface area contributed by atoms with Gasteiger partial charge < -0.3 is 9.05 Å². The van der Waals surface area contributed by atoms with Crippen LogP contribution >= 0.6 is 18.9 Å². The van der Waals surface area contributed by atoms with E-state index in [0.717, 1.165) is 15.8 Å². The highest BCUT2D eigenvalue weighted by Crippen LogP contribution is 2.49. The Hall–Kier alpha value is -0.590. The van der Waals surface area contributed by atoms with Gasteiger partial charge in [-0.15, -0.1) is 11.3 Å². The van der Waals surface area contributed by atoms with Gasteiger partial charge in [-0.1, -0.05) is 6.07 Å². The minimum atomic E-state index is -3.33. The fraction of sp³-hybridized carbons (Fsp3) is 0.462. The van der Waals surface area contributed by atoms with E-state index in [-0.39, 0.29) is 18.7 Å². The van der Waals surface area contributed by atoms with Gasteiger partial charge in [0.1, 0.15) is 5.49 Å². The molecule has 1 aromatic carbocycles. The fourth-order valence-electron chi connectivity index (χ4n) is 1.82. The first kappa shape index (κ1) is 16.8. The second-order valence-corrected chi connectivity index (χ2v) is 9.51. The van der Waals surface area contributed by atoms with E-state index in [2.05, 4.69) is 4.98 Å². The van der Waals surface area contributed by atoms with E-state index in [0.29, 0.717) is 4.34 Å². The third-order valence-electron chi connectivity index (χ3n) is 2.65. The molecule has 1 unspecified atom stereocenters. The molecular weight excluding hydrogens is 329 g/mol. The normalized spacial score (nSPS) is 13.7. The summed E-state index contributed by atoms with van der Waals surface area (Å²) in [5, 5.41) is 0. The Balaban J connectivity index is 2.23. The van der Waals surface area contributed by atoms with Crippen molar-refractivity contribution in [2.75, 3.05) is 18.7 Å². The van der Waals surface area contributed by atoms with Crippen molar-refractivity contribution < 1.29 is 17.8 Å². The van der Waals surface area contributed by atoms with E-state index < -0.39 is 18.4 Å². The van der Waals surface area contributed by atoms with E-state index >= 15 is 0 Å². The average Bonchev–Trinajstić information content (AvgIpc) is 2.82. The van der Waals surface area contributed by atoms with Crippen molar-refractivity contribution in [3.8, 4) is 0 Å². The summed E-state index contributed by atoms with van der Waals surface area (Å²) < 4.78 is 36.6. The number of aromatic nitrogens is 1. The molecule has 21 heavy (non-hydrogen) atoms. The molecule has 0 aliphatic carbocycles. The molecule has 8 heteroatoms. The van der Waals surface area contributed by atoms with Gasteiger partial charge in [0.15, 0.2) is 4.34 Å². The zero-order chi connectivity index (χ0) is 15.5. The monoisotopic (exact) mass is 347 g/mol. The first-order chi connectivity index (χ1) is 9.97. The topological polar surface area (TPSA) is 65.5 Å². The Morgan fingerprint density at radius 3 is 2.57 bits per heavy atom. The Morgan fingerprint density at radius 2 is 1.95 bits per heavy atom. The highest BCUT2D eigenvalue weighted by molar-refractivity contribution is 7.94. The minimum absolute atomic E-state index is 0.159. The second kappa shape index (κ2) is 7.11. The number of hydrogen-bond acceptors (Lipinski definition) is 6. The molecule has 0 amide bonds. The van der Waals surface area contributed by atoms with Crippen molar-refractivity contribution in [1.29, 1.82) is 0 Å². The largest absolute Gasteiger partial charge is 0.343 e. The molecule has 1 atom stereocenters. The number of thiazole rings is 1. The van der Waals surface area contributed by atoms with E-state index in [1.54, 1.807) is 13.8 Å². The summed E-state index contributed by atoms with van der Waals surface area (Å²) in [5.74, 6) is 0. The van der Waals surface area contributed by atoms with Crippen molar-refractivity contribution in [2.24, 2.45) is 0 Å². The number of benzene rings is 1. The molecule has 2 aromatic rings. The summed E-state index contributed by atoms with van der Waals surface area (Å²) in [6, 6.07) is 5.88. The van der Waals surface area contributed by atoms with Gasteiger partial charge in [0.2, 0.25) is 0 Å². The van der Waals surface area contributed by atoms with Crippen LogP contribution < -0.4 is 0 Å². The first-order valence-corrected chi connectivity index (χ1v) is 10.5. The lowest BCUT2D eigenvalue weighted by molar-refractivity contribution is 0.224. The fourth-order valence-corrected chi connectivity index (χ4v) is 6.86. The van der Waals surface area contributed by atoms with Crippen LogP contribution in [0.5, 0.6) is 0 Å². The lowest BCUT2D eigenvalue weighted by atomic mass is 10.2. The highest BCUT2D eigenvalue weighted by Gasteiger charge is 2.28. The van der Waals surface area contributed by atoms with E-state index in [4.69, 9.17) is 9.05 Å². The van der Waals surface area contributed by atoms with Crippen LogP contribution in [-0.4, -0.2) is 27.9 Å². The van der Waals surface area contributed by atoms with Gasteiger partial charge >= 0.3 is 7.60 Å². The van der Waals surface area contributed by atoms with Crippen molar-refractivity contribution in [3.05, 3.63) is 23.8 Å². The zero-order valence-electron chi connectivity index (χ0n) is 12.2. The van der Waals surface area contributed by atoms with Crippen LogP contribution in [0.15, 0.2) is 22.5 Å². The van der Waals surface area contributed by atoms with Crippen molar-refractivity contribution in [3.63, 3.8) is 0 Å². The van der Waals surface area contributed by atoms with Crippen molar-refractivity contribution in [2.45, 2.75) is 25.1 Å². The minimum Gasteiger partial charge on any atom is -0.308 e. The summed E-state index contributed by atoms with van der Waals surface area (Å²) >= 11 is 1.35. The highest BCUT2D eigenvalue weighted by atomic mass is 32.2. The Labute approximate surface area is 130 Å². The lowest BCUT2D eigenvalue weighted by Gasteiger charge is -2.15. The number of nitrogens with zero attached hydrogens (tertiary/aromatic N) is 1. The Morgan fingerprint density at radius 1 is 1.29 bits per heavy atom. The number of hydrogen-bond donors (Lipinski definition) is 0.